The van der Waals surface area contributed by atoms with Crippen molar-refractivity contribution in [2.75, 3.05) is 5.32 Å². The number of rotatable bonds is 2. The number of H-pyrrole nitrogens is 1. The number of nitrogens with zero attached hydrogens (tertiary/aromatic N) is 2. The van der Waals surface area contributed by atoms with Crippen LogP contribution >= 0.6 is 15.9 Å². The van der Waals surface area contributed by atoms with Crippen LogP contribution in [-0.4, -0.2) is 21.1 Å². The van der Waals surface area contributed by atoms with E-state index in [0.717, 1.165) is 16.6 Å². The Hall–Kier alpha value is -2.21. The van der Waals surface area contributed by atoms with E-state index in [1.165, 1.54) is 6.20 Å². The number of anilines is 1. The number of fused-ring (bicyclic) bond motifs is 1. The first kappa shape index (κ1) is 11.9. The number of halogens is 1. The number of nitrogens with one attached hydrogen (secondary N) is 2. The van der Waals surface area contributed by atoms with Crippen LogP contribution in [-0.2, 0) is 0 Å². The van der Waals surface area contributed by atoms with E-state index < -0.39 is 0 Å². The summed E-state index contributed by atoms with van der Waals surface area (Å²) in [6, 6.07) is 9.03. The second-order valence-electron chi connectivity index (χ2n) is 3.96. The van der Waals surface area contributed by atoms with Gasteiger partial charge in [-0.25, -0.2) is 4.98 Å². The Kier molecular flexibility index (Phi) is 3.00. The molecule has 0 bridgehead atoms. The Morgan fingerprint density at radius 2 is 2.11 bits per heavy atom. The highest BCUT2D eigenvalue weighted by Gasteiger charge is 2.09. The van der Waals surface area contributed by atoms with Crippen molar-refractivity contribution in [2.24, 2.45) is 0 Å². The van der Waals surface area contributed by atoms with Gasteiger partial charge in [0.1, 0.15) is 4.60 Å². The van der Waals surface area contributed by atoms with Crippen LogP contribution in [0.5, 0.6) is 0 Å². The van der Waals surface area contributed by atoms with Crippen molar-refractivity contribution in [2.45, 2.75) is 0 Å². The number of amides is 1. The predicted octanol–water partition coefficient (Wildman–Crippen LogP) is 2.97. The van der Waals surface area contributed by atoms with Gasteiger partial charge in [0.05, 0.1) is 23.0 Å². The summed E-state index contributed by atoms with van der Waals surface area (Å²) in [7, 11) is 0. The van der Waals surface area contributed by atoms with E-state index in [2.05, 4.69) is 36.4 Å². The molecule has 0 unspecified atom stereocenters. The van der Waals surface area contributed by atoms with Gasteiger partial charge in [-0.2, -0.15) is 5.10 Å². The molecule has 5 nitrogen and oxygen atoms in total. The van der Waals surface area contributed by atoms with Gasteiger partial charge in [0, 0.05) is 11.6 Å². The third-order valence-electron chi connectivity index (χ3n) is 2.72. The van der Waals surface area contributed by atoms with Crippen LogP contribution in [0, 0.1) is 0 Å². The Balaban J connectivity index is 1.90. The first-order valence-electron chi connectivity index (χ1n) is 5.59. The third kappa shape index (κ3) is 2.34. The van der Waals surface area contributed by atoms with Gasteiger partial charge < -0.3 is 5.32 Å². The van der Waals surface area contributed by atoms with Crippen LogP contribution in [0.3, 0.4) is 0 Å². The maximum atomic E-state index is 12.1. The van der Waals surface area contributed by atoms with Crippen LogP contribution in [0.25, 0.3) is 10.9 Å². The van der Waals surface area contributed by atoms with Crippen LogP contribution in [0.2, 0.25) is 0 Å². The minimum atomic E-state index is -0.200. The number of aromatic amines is 1. The molecule has 2 heterocycles. The molecule has 0 saturated carbocycles. The quantitative estimate of drug-likeness (QED) is 0.714. The molecule has 3 aromatic rings. The number of pyridine rings is 1. The monoisotopic (exact) mass is 316 g/mol. The van der Waals surface area contributed by atoms with E-state index in [9.17, 15) is 4.79 Å². The summed E-state index contributed by atoms with van der Waals surface area (Å²) >= 11 is 3.23. The Labute approximate surface area is 117 Å². The lowest BCUT2D eigenvalue weighted by molar-refractivity contribution is 0.102. The van der Waals surface area contributed by atoms with Gasteiger partial charge in [0.2, 0.25) is 0 Å². The number of carbonyl (C=O) groups excluding carboxylic acids is 1. The van der Waals surface area contributed by atoms with E-state index >= 15 is 0 Å². The molecule has 0 radical (unpaired) electrons. The van der Waals surface area contributed by atoms with Gasteiger partial charge in [-0.05, 0) is 40.2 Å². The molecule has 3 rings (SSSR count). The molecule has 0 saturated heterocycles. The second kappa shape index (κ2) is 4.81. The zero-order valence-corrected chi connectivity index (χ0v) is 11.3. The zero-order valence-electron chi connectivity index (χ0n) is 9.72. The molecule has 19 heavy (non-hydrogen) atoms. The van der Waals surface area contributed by atoms with Crippen LogP contribution in [0.4, 0.5) is 5.69 Å². The highest BCUT2D eigenvalue weighted by atomic mass is 79.9. The summed E-state index contributed by atoms with van der Waals surface area (Å²) in [5.41, 5.74) is 2.11. The molecule has 0 aliphatic rings. The van der Waals surface area contributed by atoms with Crippen molar-refractivity contribution in [1.29, 1.82) is 0 Å². The summed E-state index contributed by atoms with van der Waals surface area (Å²) in [4.78, 5) is 16.1. The third-order valence-corrected chi connectivity index (χ3v) is 3.19. The number of aromatic nitrogens is 3. The lowest BCUT2D eigenvalue weighted by atomic mass is 10.2. The van der Waals surface area contributed by atoms with Crippen LogP contribution in [0.1, 0.15) is 10.4 Å². The van der Waals surface area contributed by atoms with Crippen LogP contribution < -0.4 is 5.32 Å². The molecule has 0 aliphatic carbocycles. The molecule has 94 valence electrons. The van der Waals surface area contributed by atoms with Crippen molar-refractivity contribution in [3.05, 3.63) is 52.9 Å². The van der Waals surface area contributed by atoms with Gasteiger partial charge in [-0.1, -0.05) is 6.07 Å². The fraction of sp³-hybridized carbons (Fsp3) is 0. The lowest BCUT2D eigenvalue weighted by Crippen LogP contribution is -2.12. The highest BCUT2D eigenvalue weighted by molar-refractivity contribution is 9.10. The molecule has 2 aromatic heterocycles. The Bertz CT molecular complexity index is 736. The summed E-state index contributed by atoms with van der Waals surface area (Å²) in [6.07, 6.45) is 3.21. The normalized spacial score (nSPS) is 10.6. The fourth-order valence-corrected chi connectivity index (χ4v) is 2.02. The van der Waals surface area contributed by atoms with Crippen molar-refractivity contribution in [1.82, 2.24) is 15.2 Å². The van der Waals surface area contributed by atoms with E-state index in [0.29, 0.717) is 10.2 Å². The molecule has 1 aromatic carbocycles. The Morgan fingerprint density at radius 1 is 1.21 bits per heavy atom. The molecule has 0 fully saturated rings. The summed E-state index contributed by atoms with van der Waals surface area (Å²) in [5, 5.41) is 10.5. The smallest absolute Gasteiger partial charge is 0.257 e. The van der Waals surface area contributed by atoms with Gasteiger partial charge in [0.15, 0.2) is 0 Å². The fourth-order valence-electron chi connectivity index (χ4n) is 1.78. The van der Waals surface area contributed by atoms with Crippen molar-refractivity contribution in [3.8, 4) is 0 Å². The molecule has 2 N–H and O–H groups in total. The summed E-state index contributed by atoms with van der Waals surface area (Å²) in [6.45, 7) is 0. The molecule has 0 aliphatic heterocycles. The van der Waals surface area contributed by atoms with Gasteiger partial charge in [0.25, 0.3) is 5.91 Å². The number of benzene rings is 1. The minimum Gasteiger partial charge on any atom is -0.321 e. The first-order chi connectivity index (χ1) is 9.24. The molecule has 1 amide bonds. The SMILES string of the molecule is O=C(Nc1cccc2[nH]ncc12)c1ccc(Br)nc1. The molecular formula is C13H9BrN4O. The number of hydrogen-bond acceptors (Lipinski definition) is 3. The largest absolute Gasteiger partial charge is 0.321 e. The standard InChI is InChI=1S/C13H9BrN4O/c14-12-5-4-8(6-15-12)13(19)17-10-2-1-3-11-9(10)7-16-18-11/h1-7H,(H,16,18)(H,17,19). The molecule has 6 heteroatoms. The van der Waals surface area contributed by atoms with Crippen molar-refractivity contribution >= 4 is 38.4 Å². The topological polar surface area (TPSA) is 70.7 Å². The maximum Gasteiger partial charge on any atom is 0.257 e. The van der Waals surface area contributed by atoms with E-state index in [4.69, 9.17) is 0 Å². The average molecular weight is 317 g/mol. The van der Waals surface area contributed by atoms with E-state index in [1.807, 2.05) is 18.2 Å². The van der Waals surface area contributed by atoms with Crippen molar-refractivity contribution in [3.63, 3.8) is 0 Å². The zero-order chi connectivity index (χ0) is 13.2. The summed E-state index contributed by atoms with van der Waals surface area (Å²) < 4.78 is 0.695. The predicted molar refractivity (Wildman–Crippen MR) is 76.0 cm³/mol. The van der Waals surface area contributed by atoms with Crippen LogP contribution in [0.15, 0.2) is 47.3 Å². The Morgan fingerprint density at radius 3 is 2.89 bits per heavy atom. The van der Waals surface area contributed by atoms with Gasteiger partial charge >= 0.3 is 0 Å². The first-order valence-corrected chi connectivity index (χ1v) is 6.38. The van der Waals surface area contributed by atoms with Gasteiger partial charge in [-0.3, -0.25) is 9.89 Å². The molecule has 0 atom stereocenters. The summed E-state index contributed by atoms with van der Waals surface area (Å²) in [5.74, 6) is -0.200. The van der Waals surface area contributed by atoms with Crippen molar-refractivity contribution < 1.29 is 4.79 Å². The van der Waals surface area contributed by atoms with E-state index in [1.54, 1.807) is 18.3 Å². The number of hydrogen-bond donors (Lipinski definition) is 2. The maximum absolute atomic E-state index is 12.1. The molecular weight excluding hydrogens is 308 g/mol. The highest BCUT2D eigenvalue weighted by Crippen LogP contribution is 2.21. The minimum absolute atomic E-state index is 0.200. The second-order valence-corrected chi connectivity index (χ2v) is 4.77. The number of carbonyl (C=O) groups is 1. The van der Waals surface area contributed by atoms with Gasteiger partial charge in [-0.15, -0.1) is 0 Å². The lowest BCUT2D eigenvalue weighted by Gasteiger charge is -2.06. The van der Waals surface area contributed by atoms with E-state index in [-0.39, 0.29) is 5.91 Å². The molecule has 0 spiro atoms. The average Bonchev–Trinajstić information content (AvgIpc) is 2.89.